The number of aromatic carboxylic acids is 1. The molecule has 0 saturated carbocycles. The lowest BCUT2D eigenvalue weighted by molar-refractivity contribution is 0.0690. The molecular weight excluding hydrogens is 364 g/mol. The second-order valence-corrected chi connectivity index (χ2v) is 7.61. The number of pyridine rings is 1. The van der Waals surface area contributed by atoms with E-state index in [1.807, 2.05) is 7.05 Å². The molecule has 4 rings (SSSR count). The number of thioether (sulfide) groups is 1. The fourth-order valence-electron chi connectivity index (χ4n) is 3.61. The van der Waals surface area contributed by atoms with Crippen molar-refractivity contribution in [3.63, 3.8) is 0 Å². The minimum Gasteiger partial charge on any atom is -0.477 e. The number of carboxylic acid groups (broad SMARTS) is 1. The Labute approximate surface area is 152 Å². The number of carboxylic acids is 1. The molecule has 26 heavy (non-hydrogen) atoms. The van der Waals surface area contributed by atoms with Gasteiger partial charge in [-0.15, -0.1) is 11.8 Å². The topological polar surface area (TPSA) is 65.8 Å². The maximum absolute atomic E-state index is 15.4. The first-order chi connectivity index (χ1) is 12.4. The molecule has 2 aliphatic rings. The average molecular weight is 381 g/mol. The van der Waals surface area contributed by atoms with Gasteiger partial charge in [0, 0.05) is 38.5 Å². The lowest BCUT2D eigenvalue weighted by Crippen LogP contribution is -2.45. The fraction of sp³-hybridized carbons (Fsp3) is 0.412. The van der Waals surface area contributed by atoms with Crippen LogP contribution in [0.25, 0.3) is 10.9 Å². The third-order valence-corrected chi connectivity index (χ3v) is 6.04. The van der Waals surface area contributed by atoms with Crippen LogP contribution in [0.5, 0.6) is 0 Å². The van der Waals surface area contributed by atoms with E-state index >= 15 is 4.39 Å². The highest BCUT2D eigenvalue weighted by Gasteiger charge is 2.31. The summed E-state index contributed by atoms with van der Waals surface area (Å²) in [6, 6.07) is 0.983. The Morgan fingerprint density at radius 1 is 1.19 bits per heavy atom. The summed E-state index contributed by atoms with van der Waals surface area (Å²) in [7, 11) is 1.95. The van der Waals surface area contributed by atoms with Crippen molar-refractivity contribution in [1.82, 2.24) is 9.47 Å². The van der Waals surface area contributed by atoms with Crippen LogP contribution in [-0.4, -0.2) is 59.5 Å². The van der Waals surface area contributed by atoms with Crippen LogP contribution in [-0.2, 0) is 6.54 Å². The van der Waals surface area contributed by atoms with E-state index in [1.54, 1.807) is 4.90 Å². The van der Waals surface area contributed by atoms with Crippen molar-refractivity contribution in [2.45, 2.75) is 11.6 Å². The Balaban J connectivity index is 2.00. The van der Waals surface area contributed by atoms with E-state index in [4.69, 9.17) is 0 Å². The first-order valence-electron chi connectivity index (χ1n) is 8.28. The van der Waals surface area contributed by atoms with E-state index in [0.29, 0.717) is 38.5 Å². The van der Waals surface area contributed by atoms with Crippen LogP contribution < -0.4 is 10.3 Å². The molecule has 0 amide bonds. The first kappa shape index (κ1) is 17.3. The number of aromatic nitrogens is 1. The van der Waals surface area contributed by atoms with Crippen LogP contribution in [0, 0.1) is 11.6 Å². The van der Waals surface area contributed by atoms with Crippen molar-refractivity contribution in [3.05, 3.63) is 33.5 Å². The number of hydrogen-bond donors (Lipinski definition) is 1. The lowest BCUT2D eigenvalue weighted by Gasteiger charge is -2.34. The normalized spacial score (nSPS) is 17.7. The quantitative estimate of drug-likeness (QED) is 0.856. The van der Waals surface area contributed by atoms with Crippen LogP contribution >= 0.6 is 11.8 Å². The molecule has 0 bridgehead atoms. The summed E-state index contributed by atoms with van der Waals surface area (Å²) in [5.41, 5.74) is -1.39. The Bertz CT molecular complexity index is 984. The zero-order chi connectivity index (χ0) is 18.6. The Morgan fingerprint density at radius 2 is 1.88 bits per heavy atom. The Morgan fingerprint density at radius 3 is 2.54 bits per heavy atom. The minimum absolute atomic E-state index is 0.00433. The molecule has 1 aromatic carbocycles. The predicted molar refractivity (Wildman–Crippen MR) is 95.5 cm³/mol. The molecule has 138 valence electrons. The molecule has 2 aliphatic heterocycles. The van der Waals surface area contributed by atoms with Crippen molar-refractivity contribution in [2.75, 3.05) is 43.9 Å². The lowest BCUT2D eigenvalue weighted by atomic mass is 10.1. The summed E-state index contributed by atoms with van der Waals surface area (Å²) in [5, 5.41) is 9.40. The van der Waals surface area contributed by atoms with E-state index in [-0.39, 0.29) is 21.6 Å². The number of halogens is 2. The summed E-state index contributed by atoms with van der Waals surface area (Å²) >= 11 is 1.21. The zero-order valence-corrected chi connectivity index (χ0v) is 14.9. The molecule has 0 radical (unpaired) electrons. The third kappa shape index (κ3) is 2.49. The Kier molecular flexibility index (Phi) is 4.15. The van der Waals surface area contributed by atoms with Crippen molar-refractivity contribution in [1.29, 1.82) is 0 Å². The van der Waals surface area contributed by atoms with E-state index in [0.717, 1.165) is 6.07 Å². The standard InChI is InChI=1S/C17H17F2N3O3S/c1-20-2-4-21(5-3-20)14-10(18)8-9-13(12(14)19)22-6-7-26-16(22)11(15(9)23)17(24)25/h8H,2-7H2,1H3,(H,24,25). The summed E-state index contributed by atoms with van der Waals surface area (Å²) in [6.45, 7) is 2.71. The smallest absolute Gasteiger partial charge is 0.342 e. The molecule has 1 fully saturated rings. The molecule has 0 atom stereocenters. The Hall–Kier alpha value is -2.13. The molecule has 1 N–H and O–H groups in total. The largest absolute Gasteiger partial charge is 0.477 e. The summed E-state index contributed by atoms with van der Waals surface area (Å²) < 4.78 is 31.6. The number of likely N-dealkylation sites (N-methyl/N-ethyl adjacent to an activating group) is 1. The molecule has 1 aromatic heterocycles. The number of fused-ring (bicyclic) bond motifs is 3. The van der Waals surface area contributed by atoms with Gasteiger partial charge in [0.1, 0.15) is 17.1 Å². The van der Waals surface area contributed by atoms with E-state index in [1.165, 1.54) is 16.3 Å². The minimum atomic E-state index is -1.38. The maximum atomic E-state index is 15.4. The van der Waals surface area contributed by atoms with Crippen LogP contribution in [0.1, 0.15) is 10.4 Å². The number of piperazine rings is 1. The van der Waals surface area contributed by atoms with Gasteiger partial charge in [0.05, 0.1) is 15.9 Å². The monoisotopic (exact) mass is 381 g/mol. The molecule has 0 spiro atoms. The number of nitrogens with zero attached hydrogens (tertiary/aromatic N) is 3. The number of aryl methyl sites for hydroxylation is 1. The molecule has 1 saturated heterocycles. The van der Waals surface area contributed by atoms with Gasteiger partial charge in [0.15, 0.2) is 5.82 Å². The van der Waals surface area contributed by atoms with Gasteiger partial charge in [-0.1, -0.05) is 0 Å². The predicted octanol–water partition coefficient (Wildman–Crippen LogP) is 1.84. The number of rotatable bonds is 2. The first-order valence-corrected chi connectivity index (χ1v) is 9.26. The molecule has 0 aliphatic carbocycles. The number of anilines is 1. The second-order valence-electron chi connectivity index (χ2n) is 6.52. The molecule has 9 heteroatoms. The van der Waals surface area contributed by atoms with Crippen molar-refractivity contribution >= 4 is 34.3 Å². The highest BCUT2D eigenvalue weighted by molar-refractivity contribution is 7.99. The number of carbonyl (C=O) groups is 1. The highest BCUT2D eigenvalue weighted by atomic mass is 32.2. The highest BCUT2D eigenvalue weighted by Crippen LogP contribution is 2.36. The van der Waals surface area contributed by atoms with Crippen molar-refractivity contribution < 1.29 is 18.7 Å². The SMILES string of the molecule is CN1CCN(c2c(F)cc3c(=O)c(C(=O)O)c4n(c3c2F)CCS4)CC1. The van der Waals surface area contributed by atoms with Crippen LogP contribution in [0.2, 0.25) is 0 Å². The van der Waals surface area contributed by atoms with Gasteiger partial charge in [-0.25, -0.2) is 13.6 Å². The van der Waals surface area contributed by atoms with E-state index in [9.17, 15) is 19.1 Å². The van der Waals surface area contributed by atoms with Gasteiger partial charge in [-0.3, -0.25) is 4.79 Å². The van der Waals surface area contributed by atoms with Gasteiger partial charge in [0.2, 0.25) is 5.43 Å². The van der Waals surface area contributed by atoms with Gasteiger partial charge in [-0.2, -0.15) is 0 Å². The van der Waals surface area contributed by atoms with E-state index in [2.05, 4.69) is 4.90 Å². The van der Waals surface area contributed by atoms with Crippen molar-refractivity contribution in [3.8, 4) is 0 Å². The van der Waals surface area contributed by atoms with Gasteiger partial charge >= 0.3 is 5.97 Å². The van der Waals surface area contributed by atoms with Crippen LogP contribution in [0.3, 0.4) is 0 Å². The van der Waals surface area contributed by atoms with Gasteiger partial charge in [0.25, 0.3) is 0 Å². The van der Waals surface area contributed by atoms with Crippen molar-refractivity contribution in [2.24, 2.45) is 0 Å². The molecular formula is C17H17F2N3O3S. The number of benzene rings is 1. The molecule has 3 heterocycles. The van der Waals surface area contributed by atoms with Crippen LogP contribution in [0.4, 0.5) is 14.5 Å². The third-order valence-electron chi connectivity index (χ3n) is 4.96. The molecule has 6 nitrogen and oxygen atoms in total. The van der Waals surface area contributed by atoms with Crippen LogP contribution in [0.15, 0.2) is 15.9 Å². The zero-order valence-electron chi connectivity index (χ0n) is 14.1. The van der Waals surface area contributed by atoms with E-state index < -0.39 is 28.6 Å². The average Bonchev–Trinajstić information content (AvgIpc) is 3.05. The second kappa shape index (κ2) is 6.24. The number of hydrogen-bond acceptors (Lipinski definition) is 5. The maximum Gasteiger partial charge on any atom is 0.342 e. The van der Waals surface area contributed by atoms with Gasteiger partial charge in [-0.05, 0) is 13.1 Å². The summed E-state index contributed by atoms with van der Waals surface area (Å²) in [5.74, 6) is -2.46. The fourth-order valence-corrected chi connectivity index (χ4v) is 4.74. The summed E-state index contributed by atoms with van der Waals surface area (Å²) in [4.78, 5) is 27.8. The molecule has 2 aromatic rings. The molecule has 0 unspecified atom stereocenters. The van der Waals surface area contributed by atoms with Gasteiger partial charge < -0.3 is 19.5 Å². The summed E-state index contributed by atoms with van der Waals surface area (Å²) in [6.07, 6.45) is 0.